The number of aromatic nitrogens is 2. The average molecular weight is 697 g/mol. The lowest BCUT2D eigenvalue weighted by Gasteiger charge is -2.12. The van der Waals surface area contributed by atoms with Crippen LogP contribution in [0.3, 0.4) is 0 Å². The number of rotatable bonds is 13. The third kappa shape index (κ3) is 8.55. The summed E-state index contributed by atoms with van der Waals surface area (Å²) in [5.74, 6) is 0.642. The fraction of sp³-hybridized carbons (Fsp3) is 0.115. The van der Waals surface area contributed by atoms with Crippen LogP contribution in [0.2, 0.25) is 0 Å². The molecule has 2 nitrogen and oxygen atoms in total. The summed E-state index contributed by atoms with van der Waals surface area (Å²) < 4.78 is 0. The van der Waals surface area contributed by atoms with Crippen LogP contribution in [-0.2, 0) is 6.42 Å². The zero-order chi connectivity index (χ0) is 37.3. The Labute approximate surface area is 320 Å². The van der Waals surface area contributed by atoms with Crippen molar-refractivity contribution in [1.29, 1.82) is 0 Å². The van der Waals surface area contributed by atoms with Gasteiger partial charge in [-0.2, -0.15) is 0 Å². The van der Waals surface area contributed by atoms with Gasteiger partial charge < -0.3 is 0 Å². The lowest BCUT2D eigenvalue weighted by molar-refractivity contribution is 1.03. The molecule has 7 rings (SSSR count). The number of nitrogens with zero attached hydrogens (tertiary/aromatic N) is 2. The molecule has 0 radical (unpaired) electrons. The average Bonchev–Trinajstić information content (AvgIpc) is 3.22. The summed E-state index contributed by atoms with van der Waals surface area (Å²) in [7, 11) is 0. The van der Waals surface area contributed by atoms with Crippen molar-refractivity contribution in [1.82, 2.24) is 9.97 Å². The first kappa shape index (κ1) is 35.8. The fourth-order valence-electron chi connectivity index (χ4n) is 6.86. The smallest absolute Gasteiger partial charge is 0.168 e. The van der Waals surface area contributed by atoms with Gasteiger partial charge in [-0.15, -0.1) is 6.58 Å². The van der Waals surface area contributed by atoms with Gasteiger partial charge in [0.2, 0.25) is 0 Å². The van der Waals surface area contributed by atoms with Crippen molar-refractivity contribution in [3.63, 3.8) is 0 Å². The predicted octanol–water partition coefficient (Wildman–Crippen LogP) is 13.7. The lowest BCUT2D eigenvalue weighted by Crippen LogP contribution is -1.98. The fourth-order valence-corrected chi connectivity index (χ4v) is 6.86. The van der Waals surface area contributed by atoms with Crippen molar-refractivity contribution < 1.29 is 0 Å². The second-order valence-corrected chi connectivity index (χ2v) is 13.8. The van der Waals surface area contributed by atoms with E-state index in [4.69, 9.17) is 9.97 Å². The summed E-state index contributed by atoms with van der Waals surface area (Å²) in [6, 6.07) is 44.9. The van der Waals surface area contributed by atoms with Gasteiger partial charge >= 0.3 is 0 Å². The van der Waals surface area contributed by atoms with Crippen LogP contribution >= 0.6 is 0 Å². The second-order valence-electron chi connectivity index (χ2n) is 13.8. The minimum Gasteiger partial charge on any atom is -0.227 e. The highest BCUT2D eigenvalue weighted by atomic mass is 14.9. The monoisotopic (exact) mass is 696 g/mol. The van der Waals surface area contributed by atoms with Crippen LogP contribution < -0.4 is 0 Å². The van der Waals surface area contributed by atoms with Gasteiger partial charge in [-0.05, 0) is 119 Å². The number of benzene rings is 4. The van der Waals surface area contributed by atoms with Crippen molar-refractivity contribution in [2.24, 2.45) is 0 Å². The maximum Gasteiger partial charge on any atom is 0.168 e. The van der Waals surface area contributed by atoms with E-state index < -0.39 is 0 Å². The first-order chi connectivity index (χ1) is 26.4. The Morgan fingerprint density at radius 1 is 0.759 bits per heavy atom. The van der Waals surface area contributed by atoms with Crippen LogP contribution in [0.4, 0.5) is 0 Å². The van der Waals surface area contributed by atoms with E-state index in [1.165, 1.54) is 22.1 Å². The molecular formula is C52H44N2. The van der Waals surface area contributed by atoms with Gasteiger partial charge in [0.15, 0.2) is 5.82 Å². The molecule has 0 atom stereocenters. The van der Waals surface area contributed by atoms with Crippen molar-refractivity contribution in [3.05, 3.63) is 212 Å². The Hall–Kier alpha value is -6.56. The van der Waals surface area contributed by atoms with Crippen LogP contribution in [0.5, 0.6) is 0 Å². The van der Waals surface area contributed by atoms with Crippen LogP contribution in [0, 0.1) is 12.1 Å². The van der Waals surface area contributed by atoms with Crippen molar-refractivity contribution in [2.75, 3.05) is 0 Å². The van der Waals surface area contributed by atoms with Gasteiger partial charge in [0.25, 0.3) is 0 Å². The third-order valence-corrected chi connectivity index (χ3v) is 9.64. The predicted molar refractivity (Wildman–Crippen MR) is 230 cm³/mol. The zero-order valence-electron chi connectivity index (χ0n) is 31.0. The Bertz CT molecular complexity index is 2450. The third-order valence-electron chi connectivity index (χ3n) is 9.64. The van der Waals surface area contributed by atoms with E-state index in [1.54, 1.807) is 0 Å². The molecule has 0 N–H and O–H groups in total. The molecule has 0 fully saturated rings. The summed E-state index contributed by atoms with van der Waals surface area (Å²) in [5, 5.41) is 2.33. The van der Waals surface area contributed by atoms with E-state index in [0.717, 1.165) is 93.4 Å². The molecule has 2 heteroatoms. The zero-order valence-corrected chi connectivity index (χ0v) is 31.0. The van der Waals surface area contributed by atoms with E-state index in [-0.39, 0.29) is 0 Å². The molecule has 0 amide bonds. The molecule has 262 valence electrons. The van der Waals surface area contributed by atoms with Crippen molar-refractivity contribution in [3.8, 4) is 33.8 Å². The molecular weight excluding hydrogens is 653 g/mol. The van der Waals surface area contributed by atoms with Crippen molar-refractivity contribution in [2.45, 2.75) is 39.0 Å². The van der Waals surface area contributed by atoms with E-state index in [2.05, 4.69) is 160 Å². The first-order valence-electron chi connectivity index (χ1n) is 18.6. The van der Waals surface area contributed by atoms with E-state index >= 15 is 0 Å². The SMILES string of the molecule is C=CCc1ccccc1/C(=C/C/C=C/C(=C)c1ccc2ccc(-c3c#cc(-c4nc(C5=CCCC=C5)cc(-c5ccccc5)n4)cc3)cc2c1)CC(=C)C. The van der Waals surface area contributed by atoms with Crippen LogP contribution in [0.15, 0.2) is 177 Å². The largest absolute Gasteiger partial charge is 0.227 e. The Morgan fingerprint density at radius 3 is 2.31 bits per heavy atom. The van der Waals surface area contributed by atoms with Crippen LogP contribution in [0.1, 0.15) is 55.0 Å². The van der Waals surface area contributed by atoms with Gasteiger partial charge in [-0.25, -0.2) is 9.97 Å². The second kappa shape index (κ2) is 16.8. The number of allylic oxidation sites excluding steroid dienone is 11. The minimum absolute atomic E-state index is 0.642. The van der Waals surface area contributed by atoms with Crippen LogP contribution in [-0.4, -0.2) is 9.97 Å². The molecule has 0 spiro atoms. The summed E-state index contributed by atoms with van der Waals surface area (Å²) in [5.41, 5.74) is 13.9. The van der Waals surface area contributed by atoms with Crippen molar-refractivity contribution >= 4 is 27.5 Å². The molecule has 0 aliphatic heterocycles. The minimum atomic E-state index is 0.642. The molecule has 1 aliphatic rings. The molecule has 1 aromatic heterocycles. The highest BCUT2D eigenvalue weighted by Crippen LogP contribution is 2.31. The highest BCUT2D eigenvalue weighted by molar-refractivity contribution is 5.91. The topological polar surface area (TPSA) is 25.8 Å². The number of fused-ring (bicyclic) bond motifs is 1. The normalized spacial score (nSPS) is 12.8. The van der Waals surface area contributed by atoms with E-state index in [0.29, 0.717) is 5.82 Å². The van der Waals surface area contributed by atoms with Gasteiger partial charge in [-0.3, -0.25) is 0 Å². The standard InChI is InChI=1S/C52H44N2/c1-5-16-41-18-14-15-24-49(41)47(33-37(2)3)23-13-12-17-38(4)45-31-27-40-28-32-46(35-48(40)34-45)39-25-29-44(30-26-39)52-53-50(42-19-8-6-9-20-42)36-51(54-52)43-21-10-7-11-22-43/h5-6,8-10,12,14-15,17-25,27-29,31-32,34-36H,1-2,4,7,11,13,16,33H2,3H3/b17-12+,47-23+. The highest BCUT2D eigenvalue weighted by Gasteiger charge is 2.13. The maximum atomic E-state index is 4.99. The summed E-state index contributed by atoms with van der Waals surface area (Å²) in [4.78, 5) is 9.96. The maximum absolute atomic E-state index is 4.99. The molecule has 0 saturated carbocycles. The van der Waals surface area contributed by atoms with E-state index in [9.17, 15) is 0 Å². The lowest BCUT2D eigenvalue weighted by atomic mass is 9.92. The molecule has 0 bridgehead atoms. The quantitative estimate of drug-likeness (QED) is 0.0887. The Morgan fingerprint density at radius 2 is 1.54 bits per heavy atom. The Kier molecular flexibility index (Phi) is 11.2. The molecule has 5 aromatic carbocycles. The van der Waals surface area contributed by atoms with Gasteiger partial charge in [0.1, 0.15) is 0 Å². The van der Waals surface area contributed by atoms with Crippen LogP contribution in [0.25, 0.3) is 61.3 Å². The van der Waals surface area contributed by atoms with Gasteiger partial charge in [0, 0.05) is 11.1 Å². The molecule has 0 unspecified atom stereocenters. The molecule has 0 saturated heterocycles. The first-order valence-corrected chi connectivity index (χ1v) is 18.6. The van der Waals surface area contributed by atoms with E-state index in [1.807, 2.05) is 30.3 Å². The number of hydrogen-bond donors (Lipinski definition) is 0. The van der Waals surface area contributed by atoms with Gasteiger partial charge in [0.05, 0.1) is 17.0 Å². The number of hydrogen-bond acceptors (Lipinski definition) is 2. The van der Waals surface area contributed by atoms with Gasteiger partial charge in [-0.1, -0.05) is 152 Å². The summed E-state index contributed by atoms with van der Waals surface area (Å²) in [6.45, 7) is 14.6. The molecule has 6 aromatic rings. The summed E-state index contributed by atoms with van der Waals surface area (Å²) >= 11 is 0. The molecule has 54 heavy (non-hydrogen) atoms. The molecule has 1 heterocycles. The summed E-state index contributed by atoms with van der Waals surface area (Å²) in [6.07, 6.45) is 19.8. The Balaban J connectivity index is 1.10. The molecule has 1 aliphatic carbocycles.